The van der Waals surface area contributed by atoms with Crippen LogP contribution in [0.4, 0.5) is 17.1 Å². The molecule has 2 rings (SSSR count). The van der Waals surface area contributed by atoms with Crippen LogP contribution in [0.3, 0.4) is 0 Å². The fraction of sp³-hybridized carbons (Fsp3) is 0.500. The Morgan fingerprint density at radius 1 is 1.53 bits per heavy atom. The van der Waals surface area contributed by atoms with Gasteiger partial charge in [0.15, 0.2) is 0 Å². The maximum absolute atomic E-state index is 11.3. The highest BCUT2D eigenvalue weighted by Crippen LogP contribution is 2.38. The topological polar surface area (TPSA) is 84.4 Å². The molecule has 0 amide bonds. The minimum Gasteiger partial charge on any atom is -0.361 e. The number of nitro groups is 1. The van der Waals surface area contributed by atoms with Gasteiger partial charge in [0.1, 0.15) is 11.4 Å². The first-order valence-corrected chi connectivity index (χ1v) is 7.23. The molecule has 1 aliphatic rings. The first-order valence-electron chi connectivity index (χ1n) is 6.18. The first kappa shape index (κ1) is 14.0. The average molecular weight is 282 g/mol. The summed E-state index contributed by atoms with van der Waals surface area (Å²) in [7, 11) is 0. The molecule has 1 heterocycles. The third-order valence-corrected chi connectivity index (χ3v) is 4.88. The van der Waals surface area contributed by atoms with Crippen LogP contribution in [0.25, 0.3) is 0 Å². The summed E-state index contributed by atoms with van der Waals surface area (Å²) in [5.74, 6) is 6.35. The third-order valence-electron chi connectivity index (χ3n) is 3.55. The Morgan fingerprint density at radius 3 is 2.89 bits per heavy atom. The number of anilines is 2. The Hall–Kier alpha value is -1.47. The number of thioether (sulfide) groups is 1. The lowest BCUT2D eigenvalue weighted by atomic mass is 10.1. The zero-order valence-electron chi connectivity index (χ0n) is 11.0. The molecule has 1 aromatic carbocycles. The molecule has 0 bridgehead atoms. The van der Waals surface area contributed by atoms with Crippen molar-refractivity contribution in [1.82, 2.24) is 0 Å². The number of hydrogen-bond acceptors (Lipinski definition) is 6. The van der Waals surface area contributed by atoms with Crippen molar-refractivity contribution < 1.29 is 4.92 Å². The number of nitrogen functional groups attached to an aromatic ring is 1. The summed E-state index contributed by atoms with van der Waals surface area (Å²) in [6, 6.07) is 5.45. The van der Waals surface area contributed by atoms with Crippen molar-refractivity contribution >= 4 is 28.8 Å². The molecule has 1 fully saturated rings. The van der Waals surface area contributed by atoms with E-state index in [-0.39, 0.29) is 16.7 Å². The standard InChI is InChI=1S/C12H18N4O2S/c1-8-9(2)19-7-6-15(8)11-5-3-4-10(14-13)12(11)16(17)18/h3-5,8-9,14H,6-7,13H2,1-2H3. The van der Waals surface area contributed by atoms with E-state index >= 15 is 0 Å². The number of nitrogens with one attached hydrogen (secondary N) is 1. The SMILES string of the molecule is CC1SCCN(c2cccc(NN)c2[N+](=O)[O-])C1C. The van der Waals surface area contributed by atoms with Gasteiger partial charge in [0, 0.05) is 23.6 Å². The molecule has 2 unspecified atom stereocenters. The van der Waals surface area contributed by atoms with Gasteiger partial charge in [-0.25, -0.2) is 0 Å². The second kappa shape index (κ2) is 5.66. The highest BCUT2D eigenvalue weighted by atomic mass is 32.2. The molecule has 3 N–H and O–H groups in total. The second-order valence-corrected chi connectivity index (χ2v) is 6.07. The van der Waals surface area contributed by atoms with E-state index in [1.54, 1.807) is 18.2 Å². The van der Waals surface area contributed by atoms with E-state index < -0.39 is 0 Å². The molecule has 0 spiro atoms. The molecule has 0 aliphatic carbocycles. The Labute approximate surface area is 116 Å². The number of hydrazine groups is 1. The molecule has 6 nitrogen and oxygen atoms in total. The van der Waals surface area contributed by atoms with E-state index in [0.717, 1.165) is 12.3 Å². The Balaban J connectivity index is 2.46. The molecule has 1 saturated heterocycles. The number of nitrogens with zero attached hydrogens (tertiary/aromatic N) is 2. The van der Waals surface area contributed by atoms with Crippen molar-refractivity contribution in [3.63, 3.8) is 0 Å². The fourth-order valence-corrected chi connectivity index (χ4v) is 3.44. The van der Waals surface area contributed by atoms with E-state index in [4.69, 9.17) is 5.84 Å². The fourth-order valence-electron chi connectivity index (χ4n) is 2.34. The Kier molecular flexibility index (Phi) is 4.16. The van der Waals surface area contributed by atoms with Gasteiger partial charge >= 0.3 is 5.69 Å². The molecule has 19 heavy (non-hydrogen) atoms. The average Bonchev–Trinajstić information content (AvgIpc) is 2.40. The summed E-state index contributed by atoms with van der Waals surface area (Å²) in [5.41, 5.74) is 3.45. The number of hydrogen-bond donors (Lipinski definition) is 2. The van der Waals surface area contributed by atoms with Crippen LogP contribution in [0.2, 0.25) is 0 Å². The summed E-state index contributed by atoms with van der Waals surface area (Å²) >= 11 is 1.90. The van der Waals surface area contributed by atoms with Crippen LogP contribution >= 0.6 is 11.8 Å². The number of benzene rings is 1. The van der Waals surface area contributed by atoms with Crippen molar-refractivity contribution in [2.45, 2.75) is 25.1 Å². The van der Waals surface area contributed by atoms with E-state index in [1.165, 1.54) is 0 Å². The summed E-state index contributed by atoms with van der Waals surface area (Å²) in [5, 5.41) is 11.8. The summed E-state index contributed by atoms with van der Waals surface area (Å²) in [4.78, 5) is 13.0. The van der Waals surface area contributed by atoms with Crippen LogP contribution in [0.1, 0.15) is 13.8 Å². The molecule has 0 aromatic heterocycles. The van der Waals surface area contributed by atoms with Gasteiger partial charge in [-0.3, -0.25) is 16.0 Å². The molecular formula is C12H18N4O2S. The van der Waals surface area contributed by atoms with Crippen molar-refractivity contribution in [1.29, 1.82) is 0 Å². The van der Waals surface area contributed by atoms with E-state index in [1.807, 2.05) is 11.8 Å². The van der Waals surface area contributed by atoms with Crippen LogP contribution < -0.4 is 16.2 Å². The van der Waals surface area contributed by atoms with Crippen molar-refractivity contribution in [2.24, 2.45) is 5.84 Å². The Bertz CT molecular complexity index is 483. The largest absolute Gasteiger partial charge is 0.361 e. The third kappa shape index (κ3) is 2.62. The smallest absolute Gasteiger partial charge is 0.316 e. The first-order chi connectivity index (χ1) is 9.06. The monoisotopic (exact) mass is 282 g/mol. The normalized spacial score (nSPS) is 23.2. The molecule has 7 heteroatoms. The number of nitrogens with two attached hydrogens (primary N) is 1. The number of para-hydroxylation sites is 1. The predicted molar refractivity (Wildman–Crippen MR) is 79.6 cm³/mol. The van der Waals surface area contributed by atoms with Gasteiger partial charge in [-0.15, -0.1) is 0 Å². The van der Waals surface area contributed by atoms with Crippen LogP contribution in [-0.2, 0) is 0 Å². The molecule has 104 valence electrons. The lowest BCUT2D eigenvalue weighted by molar-refractivity contribution is -0.383. The molecule has 2 atom stereocenters. The van der Waals surface area contributed by atoms with Crippen molar-refractivity contribution in [2.75, 3.05) is 22.6 Å². The van der Waals surface area contributed by atoms with Crippen LogP contribution in [0.5, 0.6) is 0 Å². The maximum Gasteiger partial charge on any atom is 0.316 e. The van der Waals surface area contributed by atoms with Gasteiger partial charge in [0.25, 0.3) is 0 Å². The van der Waals surface area contributed by atoms with Gasteiger partial charge in [0.05, 0.1) is 4.92 Å². The maximum atomic E-state index is 11.3. The Morgan fingerprint density at radius 2 is 2.26 bits per heavy atom. The summed E-state index contributed by atoms with van der Waals surface area (Å²) in [6.45, 7) is 5.06. The molecule has 1 aliphatic heterocycles. The summed E-state index contributed by atoms with van der Waals surface area (Å²) < 4.78 is 0. The van der Waals surface area contributed by atoms with Gasteiger partial charge in [-0.1, -0.05) is 13.0 Å². The lowest BCUT2D eigenvalue weighted by Gasteiger charge is -2.38. The van der Waals surface area contributed by atoms with E-state index in [0.29, 0.717) is 16.6 Å². The van der Waals surface area contributed by atoms with Crippen molar-refractivity contribution in [3.05, 3.63) is 28.3 Å². The minimum atomic E-state index is -0.371. The van der Waals surface area contributed by atoms with Crippen LogP contribution in [0.15, 0.2) is 18.2 Å². The van der Waals surface area contributed by atoms with Crippen LogP contribution in [0, 0.1) is 10.1 Å². The number of rotatable bonds is 3. The highest BCUT2D eigenvalue weighted by Gasteiger charge is 2.31. The highest BCUT2D eigenvalue weighted by molar-refractivity contribution is 8.00. The zero-order valence-corrected chi connectivity index (χ0v) is 11.8. The quantitative estimate of drug-likeness (QED) is 0.502. The van der Waals surface area contributed by atoms with Gasteiger partial charge in [-0.2, -0.15) is 11.8 Å². The van der Waals surface area contributed by atoms with E-state index in [9.17, 15) is 10.1 Å². The van der Waals surface area contributed by atoms with Gasteiger partial charge in [-0.05, 0) is 19.1 Å². The second-order valence-electron chi connectivity index (χ2n) is 4.58. The zero-order chi connectivity index (χ0) is 14.0. The van der Waals surface area contributed by atoms with Gasteiger partial charge < -0.3 is 10.3 Å². The van der Waals surface area contributed by atoms with Gasteiger partial charge in [0.2, 0.25) is 0 Å². The molecule has 1 aromatic rings. The molecule has 0 saturated carbocycles. The molecular weight excluding hydrogens is 264 g/mol. The number of nitro benzene ring substituents is 1. The molecule has 0 radical (unpaired) electrons. The lowest BCUT2D eigenvalue weighted by Crippen LogP contribution is -2.45. The van der Waals surface area contributed by atoms with Crippen molar-refractivity contribution in [3.8, 4) is 0 Å². The summed E-state index contributed by atoms with van der Waals surface area (Å²) in [6.07, 6.45) is 0. The minimum absolute atomic E-state index is 0.0518. The van der Waals surface area contributed by atoms with E-state index in [2.05, 4.69) is 24.2 Å². The predicted octanol–water partition coefficient (Wildman–Crippen LogP) is 2.21. The van der Waals surface area contributed by atoms with Crippen LogP contribution in [-0.4, -0.2) is 28.5 Å².